The molecule has 0 bridgehead atoms. The van der Waals surface area contributed by atoms with Gasteiger partial charge in [-0.25, -0.2) is 0 Å². The number of aliphatic imine (C=N–C) groups is 1. The normalized spacial score (nSPS) is 10.9. The van der Waals surface area contributed by atoms with E-state index in [1.807, 2.05) is 30.5 Å². The van der Waals surface area contributed by atoms with Gasteiger partial charge in [0.05, 0.1) is 5.69 Å². The number of benzene rings is 2. The molecular formula is C14H12ClN. The third-order valence-electron chi connectivity index (χ3n) is 2.27. The van der Waals surface area contributed by atoms with Crippen molar-refractivity contribution in [1.82, 2.24) is 0 Å². The molecule has 1 nitrogen and oxygen atoms in total. The van der Waals surface area contributed by atoms with Gasteiger partial charge in [0.15, 0.2) is 0 Å². The lowest BCUT2D eigenvalue weighted by molar-refractivity contribution is 1.46. The summed E-state index contributed by atoms with van der Waals surface area (Å²) < 4.78 is 0. The zero-order valence-corrected chi connectivity index (χ0v) is 9.78. The van der Waals surface area contributed by atoms with E-state index < -0.39 is 0 Å². The summed E-state index contributed by atoms with van der Waals surface area (Å²) >= 11 is 5.79. The fourth-order valence-electron chi connectivity index (χ4n) is 1.33. The molecule has 0 spiro atoms. The molecule has 0 radical (unpaired) electrons. The second-order valence-corrected chi connectivity index (χ2v) is 4.08. The van der Waals surface area contributed by atoms with E-state index in [4.69, 9.17) is 11.6 Å². The van der Waals surface area contributed by atoms with E-state index in [1.165, 1.54) is 5.56 Å². The topological polar surface area (TPSA) is 12.4 Å². The predicted octanol–water partition coefficient (Wildman–Crippen LogP) is 4.40. The molecule has 0 saturated carbocycles. The van der Waals surface area contributed by atoms with E-state index in [-0.39, 0.29) is 0 Å². The zero-order chi connectivity index (χ0) is 11.4. The highest BCUT2D eigenvalue weighted by molar-refractivity contribution is 6.30. The fraction of sp³-hybridized carbons (Fsp3) is 0.0714. The van der Waals surface area contributed by atoms with Crippen LogP contribution in [0.15, 0.2) is 53.5 Å². The quantitative estimate of drug-likeness (QED) is 0.677. The van der Waals surface area contributed by atoms with Crippen molar-refractivity contribution in [2.75, 3.05) is 0 Å². The summed E-state index contributed by atoms with van der Waals surface area (Å²) in [5.41, 5.74) is 3.26. The maximum Gasteiger partial charge on any atom is 0.0630 e. The van der Waals surface area contributed by atoms with E-state index >= 15 is 0 Å². The molecule has 0 saturated heterocycles. The Morgan fingerprint density at radius 1 is 0.938 bits per heavy atom. The molecule has 0 amide bonds. The van der Waals surface area contributed by atoms with Gasteiger partial charge in [0.2, 0.25) is 0 Å². The first-order chi connectivity index (χ1) is 7.74. The van der Waals surface area contributed by atoms with Crippen molar-refractivity contribution in [2.24, 2.45) is 4.99 Å². The molecule has 0 unspecified atom stereocenters. The average Bonchev–Trinajstić information content (AvgIpc) is 2.30. The van der Waals surface area contributed by atoms with E-state index in [0.29, 0.717) is 0 Å². The highest BCUT2D eigenvalue weighted by Gasteiger charge is 1.90. The van der Waals surface area contributed by atoms with Crippen LogP contribution in [-0.2, 0) is 0 Å². The molecule has 0 atom stereocenters. The van der Waals surface area contributed by atoms with Crippen molar-refractivity contribution >= 4 is 23.5 Å². The molecule has 0 N–H and O–H groups in total. The van der Waals surface area contributed by atoms with E-state index in [1.54, 1.807) is 0 Å². The van der Waals surface area contributed by atoms with Crippen molar-refractivity contribution in [3.63, 3.8) is 0 Å². The summed E-state index contributed by atoms with van der Waals surface area (Å²) in [6, 6.07) is 15.7. The zero-order valence-electron chi connectivity index (χ0n) is 9.02. The first-order valence-electron chi connectivity index (χ1n) is 5.10. The molecule has 2 aromatic rings. The van der Waals surface area contributed by atoms with Crippen LogP contribution in [0.4, 0.5) is 5.69 Å². The Kier molecular flexibility index (Phi) is 3.37. The molecule has 2 heteroatoms. The summed E-state index contributed by atoms with van der Waals surface area (Å²) in [5.74, 6) is 0. The van der Waals surface area contributed by atoms with Crippen LogP contribution >= 0.6 is 11.6 Å². The summed E-state index contributed by atoms with van der Waals surface area (Å²) in [4.78, 5) is 4.36. The molecular weight excluding hydrogens is 218 g/mol. The Balaban J connectivity index is 2.15. The maximum absolute atomic E-state index is 5.79. The first kappa shape index (κ1) is 10.9. The summed E-state index contributed by atoms with van der Waals surface area (Å²) in [7, 11) is 0. The Morgan fingerprint density at radius 2 is 1.56 bits per heavy atom. The molecule has 0 heterocycles. The monoisotopic (exact) mass is 229 g/mol. The number of hydrogen-bond acceptors (Lipinski definition) is 1. The van der Waals surface area contributed by atoms with Crippen molar-refractivity contribution < 1.29 is 0 Å². The Labute approximate surface area is 100 Å². The van der Waals surface area contributed by atoms with Crippen LogP contribution in [0, 0.1) is 6.92 Å². The van der Waals surface area contributed by atoms with E-state index in [2.05, 4.69) is 36.2 Å². The van der Waals surface area contributed by atoms with Gasteiger partial charge < -0.3 is 0 Å². The molecule has 0 aromatic heterocycles. The summed E-state index contributed by atoms with van der Waals surface area (Å²) in [5, 5.41) is 0.731. The molecule has 2 rings (SSSR count). The van der Waals surface area contributed by atoms with Gasteiger partial charge in [0.1, 0.15) is 0 Å². The number of rotatable bonds is 2. The summed E-state index contributed by atoms with van der Waals surface area (Å²) in [6.45, 7) is 2.07. The number of hydrogen-bond donors (Lipinski definition) is 0. The van der Waals surface area contributed by atoms with Crippen LogP contribution in [0.25, 0.3) is 0 Å². The minimum atomic E-state index is 0.731. The highest BCUT2D eigenvalue weighted by Crippen LogP contribution is 2.16. The van der Waals surface area contributed by atoms with Crippen molar-refractivity contribution in [3.8, 4) is 0 Å². The van der Waals surface area contributed by atoms with Gasteiger partial charge in [0.25, 0.3) is 0 Å². The van der Waals surface area contributed by atoms with Gasteiger partial charge in [-0.05, 0) is 36.8 Å². The third kappa shape index (κ3) is 2.94. The largest absolute Gasteiger partial charge is 0.256 e. The minimum absolute atomic E-state index is 0.731. The predicted molar refractivity (Wildman–Crippen MR) is 69.9 cm³/mol. The van der Waals surface area contributed by atoms with E-state index in [0.717, 1.165) is 16.3 Å². The molecule has 0 aliphatic carbocycles. The Morgan fingerprint density at radius 3 is 2.19 bits per heavy atom. The second-order valence-electron chi connectivity index (χ2n) is 3.65. The van der Waals surface area contributed by atoms with Crippen LogP contribution in [0.5, 0.6) is 0 Å². The van der Waals surface area contributed by atoms with E-state index in [9.17, 15) is 0 Å². The molecule has 80 valence electrons. The third-order valence-corrected chi connectivity index (χ3v) is 2.52. The van der Waals surface area contributed by atoms with Crippen LogP contribution in [0.1, 0.15) is 11.1 Å². The fourth-order valence-corrected chi connectivity index (χ4v) is 1.45. The minimum Gasteiger partial charge on any atom is -0.256 e. The SMILES string of the molecule is Cc1ccc(C=Nc2ccc(Cl)cc2)cc1. The molecule has 0 fully saturated rings. The van der Waals surface area contributed by atoms with Gasteiger partial charge in [-0.3, -0.25) is 4.99 Å². The second kappa shape index (κ2) is 4.95. The number of halogens is 1. The highest BCUT2D eigenvalue weighted by atomic mass is 35.5. The van der Waals surface area contributed by atoms with Crippen LogP contribution in [-0.4, -0.2) is 6.21 Å². The van der Waals surface area contributed by atoms with Gasteiger partial charge in [0, 0.05) is 11.2 Å². The molecule has 0 aliphatic rings. The first-order valence-corrected chi connectivity index (χ1v) is 5.48. The van der Waals surface area contributed by atoms with Gasteiger partial charge in [-0.15, -0.1) is 0 Å². The Bertz CT molecular complexity index is 436. The standard InChI is InChI=1S/C14H12ClN/c1-11-2-4-12(5-3-11)10-16-14-8-6-13(15)7-9-14/h2-10H,1H3. The number of nitrogens with zero attached hydrogens (tertiary/aromatic N) is 1. The molecule has 16 heavy (non-hydrogen) atoms. The number of aryl methyl sites for hydroxylation is 1. The lowest BCUT2D eigenvalue weighted by Crippen LogP contribution is -1.80. The van der Waals surface area contributed by atoms with Crippen molar-refractivity contribution in [1.29, 1.82) is 0 Å². The van der Waals surface area contributed by atoms with Gasteiger partial charge in [-0.1, -0.05) is 41.4 Å². The van der Waals surface area contributed by atoms with Gasteiger partial charge >= 0.3 is 0 Å². The van der Waals surface area contributed by atoms with Crippen molar-refractivity contribution in [3.05, 3.63) is 64.7 Å². The van der Waals surface area contributed by atoms with Crippen LogP contribution < -0.4 is 0 Å². The summed E-state index contributed by atoms with van der Waals surface area (Å²) in [6.07, 6.45) is 1.85. The van der Waals surface area contributed by atoms with Crippen molar-refractivity contribution in [2.45, 2.75) is 6.92 Å². The average molecular weight is 230 g/mol. The van der Waals surface area contributed by atoms with Crippen LogP contribution in [0.2, 0.25) is 5.02 Å². The van der Waals surface area contributed by atoms with Crippen LogP contribution in [0.3, 0.4) is 0 Å². The Hall–Kier alpha value is -1.60. The maximum atomic E-state index is 5.79. The van der Waals surface area contributed by atoms with Gasteiger partial charge in [-0.2, -0.15) is 0 Å². The lowest BCUT2D eigenvalue weighted by atomic mass is 10.2. The lowest BCUT2D eigenvalue weighted by Gasteiger charge is -1.95. The molecule has 0 aliphatic heterocycles. The molecule has 2 aromatic carbocycles. The smallest absolute Gasteiger partial charge is 0.0630 e.